The molecule has 3 heterocycles. The Kier molecular flexibility index (Phi) is 8.14. The fraction of sp³-hybridized carbons (Fsp3) is 0.367. The lowest BCUT2D eigenvalue weighted by molar-refractivity contribution is -0.265. The molecule has 3 aromatic rings. The number of carbonyl (C=O) groups is 2. The number of ether oxygens (including phenoxy) is 2. The fourth-order valence-corrected chi connectivity index (χ4v) is 5.26. The summed E-state index contributed by atoms with van der Waals surface area (Å²) in [6, 6.07) is 8.28. The zero-order valence-electron chi connectivity index (χ0n) is 23.9. The van der Waals surface area contributed by atoms with Gasteiger partial charge < -0.3 is 30.5 Å². The van der Waals surface area contributed by atoms with Crippen molar-refractivity contribution in [3.8, 4) is 22.8 Å². The van der Waals surface area contributed by atoms with E-state index in [-0.39, 0.29) is 45.9 Å². The topological polar surface area (TPSA) is 122 Å². The third-order valence-electron chi connectivity index (χ3n) is 7.71. The van der Waals surface area contributed by atoms with Crippen LogP contribution in [0.1, 0.15) is 41.9 Å². The summed E-state index contributed by atoms with van der Waals surface area (Å²) in [7, 11) is 1.34. The molecule has 2 aromatic carbocycles. The van der Waals surface area contributed by atoms with Crippen molar-refractivity contribution in [1.82, 2.24) is 15.6 Å². The molecule has 2 amide bonds. The number of anilines is 1. The number of fused-ring (bicyclic) bond motifs is 1. The number of carbonyl (C=O) groups excluding carboxylic acids is 2. The molecule has 0 aliphatic carbocycles. The molecule has 0 radical (unpaired) electrons. The van der Waals surface area contributed by atoms with Crippen molar-refractivity contribution < 1.29 is 41.7 Å². The molecule has 1 aromatic heterocycles. The lowest BCUT2D eigenvalue weighted by atomic mass is 9.84. The van der Waals surface area contributed by atoms with Gasteiger partial charge in [-0.3, -0.25) is 9.59 Å². The van der Waals surface area contributed by atoms with Crippen LogP contribution in [0.2, 0.25) is 5.02 Å². The molecule has 1 fully saturated rings. The molecule has 44 heavy (non-hydrogen) atoms. The zero-order valence-corrected chi connectivity index (χ0v) is 24.6. The maximum absolute atomic E-state index is 14.6. The van der Waals surface area contributed by atoms with Gasteiger partial charge in [-0.05, 0) is 48.9 Å². The number of rotatable bonds is 8. The third-order valence-corrected chi connectivity index (χ3v) is 8.00. The molecule has 1 saturated heterocycles. The molecule has 2 aliphatic rings. The molecule has 5 rings (SSSR count). The van der Waals surface area contributed by atoms with Crippen LogP contribution in [0.4, 0.5) is 23.2 Å². The van der Waals surface area contributed by atoms with Crippen molar-refractivity contribution in [2.75, 3.05) is 32.1 Å². The number of methoxy groups -OCH3 is 1. The van der Waals surface area contributed by atoms with Crippen LogP contribution in [-0.2, 0) is 15.8 Å². The quantitative estimate of drug-likeness (QED) is 0.265. The normalized spacial score (nSPS) is 18.6. The summed E-state index contributed by atoms with van der Waals surface area (Å²) in [5.74, 6) is -1.48. The number of halogens is 5. The summed E-state index contributed by atoms with van der Waals surface area (Å²) in [6.07, 6.45) is -4.74. The molecule has 2 unspecified atom stereocenters. The Morgan fingerprint density at radius 2 is 1.98 bits per heavy atom. The van der Waals surface area contributed by atoms with Gasteiger partial charge in [0, 0.05) is 28.7 Å². The average molecular weight is 637 g/mol. The molecule has 2 atom stereocenters. The summed E-state index contributed by atoms with van der Waals surface area (Å²) in [5, 5.41) is 18.8. The van der Waals surface area contributed by atoms with E-state index in [0.717, 1.165) is 12.1 Å². The number of hydrogen-bond donors (Lipinski definition) is 4. The van der Waals surface area contributed by atoms with Crippen molar-refractivity contribution in [3.63, 3.8) is 0 Å². The van der Waals surface area contributed by atoms with Crippen LogP contribution in [0.25, 0.3) is 11.3 Å². The second kappa shape index (κ2) is 11.4. The van der Waals surface area contributed by atoms with Crippen LogP contribution in [0.15, 0.2) is 42.5 Å². The Morgan fingerprint density at radius 1 is 1.23 bits per heavy atom. The van der Waals surface area contributed by atoms with Crippen molar-refractivity contribution in [1.29, 1.82) is 0 Å². The molecule has 4 N–H and O–H groups in total. The molecule has 14 heteroatoms. The van der Waals surface area contributed by atoms with Gasteiger partial charge >= 0.3 is 6.18 Å². The highest BCUT2D eigenvalue weighted by molar-refractivity contribution is 6.31. The fourth-order valence-electron chi connectivity index (χ4n) is 5.08. The monoisotopic (exact) mass is 636 g/mol. The van der Waals surface area contributed by atoms with Crippen LogP contribution in [0.3, 0.4) is 0 Å². The first kappa shape index (κ1) is 31.3. The van der Waals surface area contributed by atoms with Gasteiger partial charge in [-0.1, -0.05) is 25.4 Å². The van der Waals surface area contributed by atoms with E-state index in [0.29, 0.717) is 24.2 Å². The van der Waals surface area contributed by atoms with Crippen molar-refractivity contribution in [2.24, 2.45) is 0 Å². The number of aromatic nitrogens is 1. The van der Waals surface area contributed by atoms with E-state index in [1.165, 1.54) is 37.4 Å². The van der Waals surface area contributed by atoms with Gasteiger partial charge in [0.2, 0.25) is 11.5 Å². The molecule has 0 saturated carbocycles. The predicted molar refractivity (Wildman–Crippen MR) is 153 cm³/mol. The summed E-state index contributed by atoms with van der Waals surface area (Å²) in [4.78, 5) is 29.1. The largest absolute Gasteiger partial charge is 0.495 e. The molecule has 0 spiro atoms. The van der Waals surface area contributed by atoms with E-state index in [1.807, 2.05) is 0 Å². The van der Waals surface area contributed by atoms with E-state index in [1.54, 1.807) is 13.8 Å². The number of hydrogen-bond acceptors (Lipinski definition) is 7. The van der Waals surface area contributed by atoms with Gasteiger partial charge in [0.1, 0.15) is 29.1 Å². The Bertz CT molecular complexity index is 1630. The second-order valence-corrected chi connectivity index (χ2v) is 11.7. The average Bonchev–Trinajstić information content (AvgIpc) is 3.53. The van der Waals surface area contributed by atoms with Gasteiger partial charge in [0.25, 0.3) is 5.91 Å². The second-order valence-electron chi connectivity index (χ2n) is 11.3. The highest BCUT2D eigenvalue weighted by Crippen LogP contribution is 2.48. The summed E-state index contributed by atoms with van der Waals surface area (Å²) < 4.78 is 68.9. The molecular formula is C30H29ClF4N4O5. The van der Waals surface area contributed by atoms with Crippen LogP contribution in [0, 0.1) is 5.82 Å². The Hall–Kier alpha value is -4.10. The lowest BCUT2D eigenvalue weighted by Gasteiger charge is -2.31. The molecule has 9 nitrogen and oxygen atoms in total. The maximum atomic E-state index is 14.6. The first-order chi connectivity index (χ1) is 20.6. The summed E-state index contributed by atoms with van der Waals surface area (Å²) >= 11 is 5.94. The Labute approximate surface area is 254 Å². The highest BCUT2D eigenvalue weighted by Gasteiger charge is 2.57. The highest BCUT2D eigenvalue weighted by atomic mass is 35.5. The van der Waals surface area contributed by atoms with E-state index in [2.05, 4.69) is 20.9 Å². The van der Waals surface area contributed by atoms with Crippen LogP contribution >= 0.6 is 11.6 Å². The van der Waals surface area contributed by atoms with E-state index in [9.17, 15) is 32.3 Å². The summed E-state index contributed by atoms with van der Waals surface area (Å²) in [6.45, 7) is 2.85. The van der Waals surface area contributed by atoms with E-state index < -0.39 is 47.2 Å². The zero-order chi connectivity index (χ0) is 32.0. The minimum absolute atomic E-state index is 0.0501. The molecular weight excluding hydrogens is 608 g/mol. The first-order valence-electron chi connectivity index (χ1n) is 13.6. The van der Waals surface area contributed by atoms with E-state index in [4.69, 9.17) is 21.1 Å². The Balaban J connectivity index is 1.47. The van der Waals surface area contributed by atoms with E-state index >= 15 is 0 Å². The van der Waals surface area contributed by atoms with Crippen LogP contribution in [0.5, 0.6) is 11.5 Å². The lowest BCUT2D eigenvalue weighted by Crippen LogP contribution is -2.51. The van der Waals surface area contributed by atoms with Crippen molar-refractivity contribution in [2.45, 2.75) is 43.5 Å². The minimum atomic E-state index is -5.28. The number of amides is 2. The summed E-state index contributed by atoms with van der Waals surface area (Å²) in [5.41, 5.74) is -4.35. The molecule has 2 aliphatic heterocycles. The smallest absolute Gasteiger partial charge is 0.424 e. The number of pyridine rings is 1. The van der Waals surface area contributed by atoms with Crippen molar-refractivity contribution in [3.05, 3.63) is 70.1 Å². The van der Waals surface area contributed by atoms with Gasteiger partial charge in [-0.15, -0.1) is 0 Å². The van der Waals surface area contributed by atoms with Gasteiger partial charge in [-0.25, -0.2) is 9.37 Å². The van der Waals surface area contributed by atoms with Crippen LogP contribution < -0.4 is 25.4 Å². The number of aliphatic hydroxyl groups is 1. The van der Waals surface area contributed by atoms with Gasteiger partial charge in [0.05, 0.1) is 36.7 Å². The SMILES string of the molecule is COc1cc(C(=O)NCC(O)(c2cc3c(c(-c4ccc(F)c(Cl)c4)n2)OCC3(C)C)C(F)(F)F)ccc1NC1CCNC1=O. The molecule has 0 bridgehead atoms. The predicted octanol–water partition coefficient (Wildman–Crippen LogP) is 4.70. The first-order valence-corrected chi connectivity index (χ1v) is 14.0. The van der Waals surface area contributed by atoms with Gasteiger partial charge in [-0.2, -0.15) is 13.2 Å². The van der Waals surface area contributed by atoms with Gasteiger partial charge in [0.15, 0.2) is 0 Å². The number of benzene rings is 2. The number of nitrogens with zero attached hydrogens (tertiary/aromatic N) is 1. The number of alkyl halides is 3. The maximum Gasteiger partial charge on any atom is 0.424 e. The molecule has 234 valence electrons. The van der Waals surface area contributed by atoms with Crippen LogP contribution in [-0.4, -0.2) is 60.9 Å². The minimum Gasteiger partial charge on any atom is -0.495 e. The van der Waals surface area contributed by atoms with Crippen molar-refractivity contribution >= 4 is 29.1 Å². The number of nitrogens with one attached hydrogen (secondary N) is 3. The third kappa shape index (κ3) is 5.73. The standard InChI is InChI=1S/C30H29ClF4N4O5/c1-28(2)14-44-25-17(28)12-23(39-24(25)15-4-6-19(32)18(31)10-15)29(42,30(33,34)35)13-37-26(40)16-5-7-20(22(11-16)43-3)38-21-8-9-36-27(21)41/h4-7,10-12,21,38,42H,8-9,13-14H2,1-3H3,(H,36,41)(H,37,40). The Morgan fingerprint density at radius 3 is 2.61 bits per heavy atom.